The SMILES string of the molecule is CC1(Cc2cc(-c3ccccc3)on2)OCCO1. The maximum Gasteiger partial charge on any atom is 0.171 e. The second-order valence-corrected chi connectivity index (χ2v) is 4.56. The van der Waals surface area contributed by atoms with E-state index in [4.69, 9.17) is 14.0 Å². The lowest BCUT2D eigenvalue weighted by Gasteiger charge is -2.20. The van der Waals surface area contributed by atoms with Crippen molar-refractivity contribution in [2.75, 3.05) is 13.2 Å². The maximum absolute atomic E-state index is 5.56. The van der Waals surface area contributed by atoms with Crippen LogP contribution in [0.1, 0.15) is 12.6 Å². The summed E-state index contributed by atoms with van der Waals surface area (Å²) in [5, 5.41) is 4.07. The van der Waals surface area contributed by atoms with E-state index in [0.29, 0.717) is 19.6 Å². The van der Waals surface area contributed by atoms with Crippen molar-refractivity contribution < 1.29 is 14.0 Å². The predicted molar refractivity (Wildman–Crippen MR) is 66.0 cm³/mol. The monoisotopic (exact) mass is 245 g/mol. The van der Waals surface area contributed by atoms with E-state index >= 15 is 0 Å². The van der Waals surface area contributed by atoms with Gasteiger partial charge in [-0.05, 0) is 6.92 Å². The molecule has 0 amide bonds. The quantitative estimate of drug-likeness (QED) is 0.833. The summed E-state index contributed by atoms with van der Waals surface area (Å²) in [6.45, 7) is 3.21. The van der Waals surface area contributed by atoms with Gasteiger partial charge in [0.25, 0.3) is 0 Å². The molecule has 4 heteroatoms. The number of aromatic nitrogens is 1. The largest absolute Gasteiger partial charge is 0.356 e. The Morgan fingerprint density at radius 3 is 2.61 bits per heavy atom. The summed E-state index contributed by atoms with van der Waals surface area (Å²) in [4.78, 5) is 0. The predicted octanol–water partition coefficient (Wildman–Crippen LogP) is 2.65. The normalized spacial score (nSPS) is 18.1. The highest BCUT2D eigenvalue weighted by atomic mass is 16.7. The number of hydrogen-bond donors (Lipinski definition) is 0. The Morgan fingerprint density at radius 1 is 1.17 bits per heavy atom. The fourth-order valence-electron chi connectivity index (χ4n) is 2.12. The van der Waals surface area contributed by atoms with Crippen LogP contribution in [-0.4, -0.2) is 24.2 Å². The molecule has 94 valence electrons. The van der Waals surface area contributed by atoms with Gasteiger partial charge in [-0.25, -0.2) is 0 Å². The molecule has 1 fully saturated rings. The number of nitrogens with zero attached hydrogens (tertiary/aromatic N) is 1. The van der Waals surface area contributed by atoms with E-state index in [2.05, 4.69) is 5.16 Å². The van der Waals surface area contributed by atoms with Gasteiger partial charge in [0, 0.05) is 18.1 Å². The summed E-state index contributed by atoms with van der Waals surface area (Å²) in [6.07, 6.45) is 0.601. The minimum Gasteiger partial charge on any atom is -0.356 e. The van der Waals surface area contributed by atoms with Crippen molar-refractivity contribution in [2.45, 2.75) is 19.1 Å². The van der Waals surface area contributed by atoms with Crippen LogP contribution in [0.5, 0.6) is 0 Å². The van der Waals surface area contributed by atoms with Gasteiger partial charge in [-0.15, -0.1) is 0 Å². The number of benzene rings is 1. The first-order valence-electron chi connectivity index (χ1n) is 6.04. The van der Waals surface area contributed by atoms with Crippen molar-refractivity contribution in [3.05, 3.63) is 42.1 Å². The molecule has 2 aromatic rings. The van der Waals surface area contributed by atoms with Crippen LogP contribution in [0.2, 0.25) is 0 Å². The molecule has 0 aliphatic carbocycles. The minimum atomic E-state index is -0.565. The van der Waals surface area contributed by atoms with Gasteiger partial charge in [0.2, 0.25) is 0 Å². The molecule has 0 spiro atoms. The Bertz CT molecular complexity index is 515. The zero-order chi connectivity index (χ0) is 12.4. The summed E-state index contributed by atoms with van der Waals surface area (Å²) in [6, 6.07) is 11.8. The summed E-state index contributed by atoms with van der Waals surface area (Å²) in [5.41, 5.74) is 1.87. The smallest absolute Gasteiger partial charge is 0.171 e. The highest BCUT2D eigenvalue weighted by molar-refractivity contribution is 5.56. The van der Waals surface area contributed by atoms with Crippen molar-refractivity contribution >= 4 is 0 Å². The number of ether oxygens (including phenoxy) is 2. The molecule has 0 N–H and O–H groups in total. The van der Waals surface area contributed by atoms with Crippen molar-refractivity contribution in [2.24, 2.45) is 0 Å². The van der Waals surface area contributed by atoms with E-state index in [1.54, 1.807) is 0 Å². The lowest BCUT2D eigenvalue weighted by Crippen LogP contribution is -2.28. The Balaban J connectivity index is 1.78. The lowest BCUT2D eigenvalue weighted by molar-refractivity contribution is -0.141. The van der Waals surface area contributed by atoms with Crippen LogP contribution in [0, 0.1) is 0 Å². The fourth-order valence-corrected chi connectivity index (χ4v) is 2.12. The average molecular weight is 245 g/mol. The zero-order valence-corrected chi connectivity index (χ0v) is 10.3. The first-order valence-corrected chi connectivity index (χ1v) is 6.04. The molecule has 0 saturated carbocycles. The van der Waals surface area contributed by atoms with Gasteiger partial charge in [-0.2, -0.15) is 0 Å². The van der Waals surface area contributed by atoms with Crippen molar-refractivity contribution in [3.8, 4) is 11.3 Å². The zero-order valence-electron chi connectivity index (χ0n) is 10.3. The summed E-state index contributed by atoms with van der Waals surface area (Å²) >= 11 is 0. The third kappa shape index (κ3) is 2.30. The van der Waals surface area contributed by atoms with Crippen LogP contribution in [0.4, 0.5) is 0 Å². The molecule has 2 heterocycles. The van der Waals surface area contributed by atoms with E-state index in [-0.39, 0.29) is 0 Å². The van der Waals surface area contributed by atoms with Crippen LogP contribution >= 0.6 is 0 Å². The highest BCUT2D eigenvalue weighted by Gasteiger charge is 2.32. The molecule has 0 bridgehead atoms. The molecule has 0 unspecified atom stereocenters. The first kappa shape index (κ1) is 11.4. The van der Waals surface area contributed by atoms with Gasteiger partial charge < -0.3 is 14.0 Å². The van der Waals surface area contributed by atoms with Crippen LogP contribution in [0.15, 0.2) is 40.9 Å². The van der Waals surface area contributed by atoms with Gasteiger partial charge >= 0.3 is 0 Å². The van der Waals surface area contributed by atoms with E-state index in [0.717, 1.165) is 17.0 Å². The lowest BCUT2D eigenvalue weighted by atomic mass is 10.1. The molecular formula is C14H15NO3. The van der Waals surface area contributed by atoms with Gasteiger partial charge in [0.1, 0.15) is 0 Å². The molecule has 3 rings (SSSR count). The fraction of sp³-hybridized carbons (Fsp3) is 0.357. The Kier molecular flexibility index (Phi) is 2.89. The minimum absolute atomic E-state index is 0.565. The number of rotatable bonds is 3. The third-order valence-corrected chi connectivity index (χ3v) is 3.02. The first-order chi connectivity index (χ1) is 8.75. The molecule has 0 atom stereocenters. The molecule has 1 aliphatic heterocycles. The van der Waals surface area contributed by atoms with Gasteiger partial charge in [0.05, 0.1) is 18.9 Å². The summed E-state index contributed by atoms with van der Waals surface area (Å²) in [7, 11) is 0. The van der Waals surface area contributed by atoms with Gasteiger partial charge in [-0.3, -0.25) is 0 Å². The van der Waals surface area contributed by atoms with Crippen molar-refractivity contribution in [1.82, 2.24) is 5.16 Å². The Labute approximate surface area is 105 Å². The molecule has 18 heavy (non-hydrogen) atoms. The Hall–Kier alpha value is -1.65. The molecular weight excluding hydrogens is 230 g/mol. The molecule has 1 aliphatic rings. The van der Waals surface area contributed by atoms with Crippen molar-refractivity contribution in [1.29, 1.82) is 0 Å². The van der Waals surface area contributed by atoms with Crippen LogP contribution in [0.25, 0.3) is 11.3 Å². The molecule has 1 saturated heterocycles. The summed E-state index contributed by atoms with van der Waals surface area (Å²) in [5.74, 6) is 0.206. The molecule has 1 aromatic carbocycles. The van der Waals surface area contributed by atoms with E-state index in [1.807, 2.05) is 43.3 Å². The van der Waals surface area contributed by atoms with E-state index in [9.17, 15) is 0 Å². The van der Waals surface area contributed by atoms with Crippen LogP contribution in [-0.2, 0) is 15.9 Å². The Morgan fingerprint density at radius 2 is 1.89 bits per heavy atom. The van der Waals surface area contributed by atoms with Crippen LogP contribution < -0.4 is 0 Å². The molecule has 1 aromatic heterocycles. The van der Waals surface area contributed by atoms with E-state index in [1.165, 1.54) is 0 Å². The number of hydrogen-bond acceptors (Lipinski definition) is 4. The standard InChI is InChI=1S/C14H15NO3/c1-14(16-7-8-17-14)10-12-9-13(18-15-12)11-5-3-2-4-6-11/h2-6,9H,7-8,10H2,1H3. The molecule has 4 nitrogen and oxygen atoms in total. The second-order valence-electron chi connectivity index (χ2n) is 4.56. The van der Waals surface area contributed by atoms with E-state index < -0.39 is 5.79 Å². The van der Waals surface area contributed by atoms with Gasteiger partial charge in [0.15, 0.2) is 11.5 Å². The molecule has 0 radical (unpaired) electrons. The summed E-state index contributed by atoms with van der Waals surface area (Å²) < 4.78 is 16.5. The van der Waals surface area contributed by atoms with Crippen LogP contribution in [0.3, 0.4) is 0 Å². The van der Waals surface area contributed by atoms with Crippen molar-refractivity contribution in [3.63, 3.8) is 0 Å². The highest BCUT2D eigenvalue weighted by Crippen LogP contribution is 2.26. The average Bonchev–Trinajstić information content (AvgIpc) is 3.00. The second kappa shape index (κ2) is 4.55. The third-order valence-electron chi connectivity index (χ3n) is 3.02. The topological polar surface area (TPSA) is 44.5 Å². The van der Waals surface area contributed by atoms with Gasteiger partial charge in [-0.1, -0.05) is 35.5 Å². The maximum atomic E-state index is 5.56.